The Morgan fingerprint density at radius 1 is 1.17 bits per heavy atom. The van der Waals surface area contributed by atoms with Gasteiger partial charge in [0.25, 0.3) is 0 Å². The Labute approximate surface area is 113 Å². The fraction of sp³-hybridized carbons (Fsp3) is 1.00. The van der Waals surface area contributed by atoms with Gasteiger partial charge in [-0.05, 0) is 51.2 Å². The standard InChI is InChI=1S/C15H32N2O/c1-4-7-15(8-10-16-11-9-15)14-17(5-2)12-13-18-6-3/h16H,4-14H2,1-3H3. The summed E-state index contributed by atoms with van der Waals surface area (Å²) >= 11 is 0. The molecule has 0 spiro atoms. The van der Waals surface area contributed by atoms with Crippen LogP contribution in [0.15, 0.2) is 0 Å². The summed E-state index contributed by atoms with van der Waals surface area (Å²) in [4.78, 5) is 2.58. The van der Waals surface area contributed by atoms with Gasteiger partial charge in [-0.2, -0.15) is 0 Å². The molecule has 0 amide bonds. The first-order valence-corrected chi connectivity index (χ1v) is 7.77. The van der Waals surface area contributed by atoms with E-state index in [1.807, 2.05) is 0 Å². The molecule has 0 unspecified atom stereocenters. The predicted octanol–water partition coefficient (Wildman–Crippen LogP) is 2.51. The summed E-state index contributed by atoms with van der Waals surface area (Å²) in [6.07, 6.45) is 5.36. The highest BCUT2D eigenvalue weighted by Crippen LogP contribution is 2.34. The van der Waals surface area contributed by atoms with E-state index in [0.717, 1.165) is 26.3 Å². The van der Waals surface area contributed by atoms with E-state index in [-0.39, 0.29) is 0 Å². The first-order chi connectivity index (χ1) is 8.76. The maximum atomic E-state index is 5.49. The summed E-state index contributed by atoms with van der Waals surface area (Å²) in [6, 6.07) is 0. The largest absolute Gasteiger partial charge is 0.380 e. The third-order valence-corrected chi connectivity index (χ3v) is 4.21. The Kier molecular flexibility index (Phi) is 7.87. The van der Waals surface area contributed by atoms with Crippen molar-refractivity contribution in [2.75, 3.05) is 45.9 Å². The SMILES string of the molecule is CCCC1(CN(CC)CCOCC)CCNCC1. The second-order valence-electron chi connectivity index (χ2n) is 5.57. The van der Waals surface area contributed by atoms with E-state index >= 15 is 0 Å². The lowest BCUT2D eigenvalue weighted by molar-refractivity contribution is 0.0695. The third kappa shape index (κ3) is 5.25. The number of hydrogen-bond acceptors (Lipinski definition) is 3. The van der Waals surface area contributed by atoms with Gasteiger partial charge in [-0.25, -0.2) is 0 Å². The van der Waals surface area contributed by atoms with Gasteiger partial charge in [0, 0.05) is 19.7 Å². The molecule has 1 saturated heterocycles. The smallest absolute Gasteiger partial charge is 0.0593 e. The van der Waals surface area contributed by atoms with E-state index in [0.29, 0.717) is 5.41 Å². The van der Waals surface area contributed by atoms with Gasteiger partial charge in [0.05, 0.1) is 6.61 Å². The highest BCUT2D eigenvalue weighted by molar-refractivity contribution is 4.87. The zero-order valence-electron chi connectivity index (χ0n) is 12.6. The van der Waals surface area contributed by atoms with Gasteiger partial charge in [0.1, 0.15) is 0 Å². The predicted molar refractivity (Wildman–Crippen MR) is 78.1 cm³/mol. The van der Waals surface area contributed by atoms with Crippen LogP contribution in [-0.2, 0) is 4.74 Å². The molecule has 3 heteroatoms. The van der Waals surface area contributed by atoms with E-state index in [1.54, 1.807) is 0 Å². The van der Waals surface area contributed by atoms with Crippen LogP contribution < -0.4 is 5.32 Å². The van der Waals surface area contributed by atoms with E-state index in [4.69, 9.17) is 4.74 Å². The van der Waals surface area contributed by atoms with Gasteiger partial charge < -0.3 is 15.0 Å². The lowest BCUT2D eigenvalue weighted by Crippen LogP contribution is -2.45. The first-order valence-electron chi connectivity index (χ1n) is 7.77. The molecule has 3 nitrogen and oxygen atoms in total. The zero-order valence-corrected chi connectivity index (χ0v) is 12.6. The van der Waals surface area contributed by atoms with Crippen LogP contribution in [-0.4, -0.2) is 50.8 Å². The molecule has 0 radical (unpaired) electrons. The minimum atomic E-state index is 0.558. The number of piperidine rings is 1. The van der Waals surface area contributed by atoms with Crippen molar-refractivity contribution in [3.63, 3.8) is 0 Å². The molecule has 18 heavy (non-hydrogen) atoms. The summed E-state index contributed by atoms with van der Waals surface area (Å²) in [6.45, 7) is 14.3. The molecule has 1 rings (SSSR count). The molecule has 0 aliphatic carbocycles. The van der Waals surface area contributed by atoms with Crippen LogP contribution in [0.2, 0.25) is 0 Å². The second kappa shape index (κ2) is 8.89. The molecular formula is C15H32N2O. The van der Waals surface area contributed by atoms with Crippen LogP contribution in [0.4, 0.5) is 0 Å². The third-order valence-electron chi connectivity index (χ3n) is 4.21. The molecule has 0 bridgehead atoms. The molecule has 1 aliphatic heterocycles. The fourth-order valence-corrected chi connectivity index (χ4v) is 3.14. The lowest BCUT2D eigenvalue weighted by atomic mass is 9.75. The second-order valence-corrected chi connectivity index (χ2v) is 5.57. The van der Waals surface area contributed by atoms with Crippen molar-refractivity contribution >= 4 is 0 Å². The van der Waals surface area contributed by atoms with Crippen molar-refractivity contribution in [3.8, 4) is 0 Å². The number of likely N-dealkylation sites (N-methyl/N-ethyl adjacent to an activating group) is 1. The number of rotatable bonds is 9. The molecule has 0 aromatic carbocycles. The van der Waals surface area contributed by atoms with Gasteiger partial charge in [0.15, 0.2) is 0 Å². The molecule has 0 saturated carbocycles. The van der Waals surface area contributed by atoms with Crippen molar-refractivity contribution in [2.24, 2.45) is 5.41 Å². The Balaban J connectivity index is 2.45. The summed E-state index contributed by atoms with van der Waals surface area (Å²) in [5.74, 6) is 0. The van der Waals surface area contributed by atoms with Crippen molar-refractivity contribution in [1.29, 1.82) is 0 Å². The highest BCUT2D eigenvalue weighted by Gasteiger charge is 2.32. The van der Waals surface area contributed by atoms with Crippen molar-refractivity contribution in [1.82, 2.24) is 10.2 Å². The number of hydrogen-bond donors (Lipinski definition) is 1. The molecule has 0 aromatic heterocycles. The van der Waals surface area contributed by atoms with Crippen LogP contribution in [0, 0.1) is 5.41 Å². The van der Waals surface area contributed by atoms with Gasteiger partial charge in [-0.3, -0.25) is 0 Å². The van der Waals surface area contributed by atoms with Crippen LogP contribution >= 0.6 is 0 Å². The van der Waals surface area contributed by atoms with Gasteiger partial charge in [-0.1, -0.05) is 20.3 Å². The van der Waals surface area contributed by atoms with Crippen LogP contribution in [0.5, 0.6) is 0 Å². The number of nitrogens with zero attached hydrogens (tertiary/aromatic N) is 1. The normalized spacial score (nSPS) is 19.3. The average Bonchev–Trinajstić information content (AvgIpc) is 2.39. The Morgan fingerprint density at radius 2 is 1.89 bits per heavy atom. The summed E-state index contributed by atoms with van der Waals surface area (Å²) in [7, 11) is 0. The van der Waals surface area contributed by atoms with Crippen molar-refractivity contribution < 1.29 is 4.74 Å². The highest BCUT2D eigenvalue weighted by atomic mass is 16.5. The fourth-order valence-electron chi connectivity index (χ4n) is 3.14. The Hall–Kier alpha value is -0.120. The first kappa shape index (κ1) is 15.9. The quantitative estimate of drug-likeness (QED) is 0.642. The summed E-state index contributed by atoms with van der Waals surface area (Å²) in [5.41, 5.74) is 0.558. The van der Waals surface area contributed by atoms with Gasteiger partial charge in [-0.15, -0.1) is 0 Å². The number of ether oxygens (including phenoxy) is 1. The molecular weight excluding hydrogens is 224 g/mol. The van der Waals surface area contributed by atoms with Crippen LogP contribution in [0.25, 0.3) is 0 Å². The van der Waals surface area contributed by atoms with Gasteiger partial charge in [0.2, 0.25) is 0 Å². The molecule has 1 N–H and O–H groups in total. The molecule has 1 fully saturated rings. The molecule has 1 heterocycles. The number of nitrogens with one attached hydrogen (secondary N) is 1. The molecule has 108 valence electrons. The van der Waals surface area contributed by atoms with Crippen molar-refractivity contribution in [3.05, 3.63) is 0 Å². The Morgan fingerprint density at radius 3 is 2.44 bits per heavy atom. The molecule has 0 atom stereocenters. The van der Waals surface area contributed by atoms with E-state index in [2.05, 4.69) is 31.0 Å². The van der Waals surface area contributed by atoms with E-state index in [1.165, 1.54) is 45.3 Å². The van der Waals surface area contributed by atoms with E-state index in [9.17, 15) is 0 Å². The summed E-state index contributed by atoms with van der Waals surface area (Å²) < 4.78 is 5.49. The molecule has 1 aliphatic rings. The van der Waals surface area contributed by atoms with Crippen molar-refractivity contribution in [2.45, 2.75) is 46.5 Å². The zero-order chi connectivity index (χ0) is 13.3. The van der Waals surface area contributed by atoms with E-state index < -0.39 is 0 Å². The van der Waals surface area contributed by atoms with Gasteiger partial charge >= 0.3 is 0 Å². The lowest BCUT2D eigenvalue weighted by Gasteiger charge is -2.41. The maximum Gasteiger partial charge on any atom is 0.0593 e. The summed E-state index contributed by atoms with van der Waals surface area (Å²) in [5, 5.41) is 3.50. The monoisotopic (exact) mass is 256 g/mol. The molecule has 0 aromatic rings. The topological polar surface area (TPSA) is 24.5 Å². The minimum absolute atomic E-state index is 0.558. The average molecular weight is 256 g/mol. The van der Waals surface area contributed by atoms with Crippen LogP contribution in [0.3, 0.4) is 0 Å². The van der Waals surface area contributed by atoms with Crippen LogP contribution in [0.1, 0.15) is 46.5 Å². The minimum Gasteiger partial charge on any atom is -0.380 e. The maximum absolute atomic E-state index is 5.49. The Bertz CT molecular complexity index is 197.